The van der Waals surface area contributed by atoms with Crippen LogP contribution in [0.4, 0.5) is 0 Å². The van der Waals surface area contributed by atoms with E-state index in [2.05, 4.69) is 35.8 Å². The van der Waals surface area contributed by atoms with Crippen molar-refractivity contribution in [1.29, 1.82) is 0 Å². The van der Waals surface area contributed by atoms with Gasteiger partial charge in [-0.2, -0.15) is 0 Å². The molecule has 0 atom stereocenters. The zero-order valence-electron chi connectivity index (χ0n) is 13.2. The van der Waals surface area contributed by atoms with Crippen molar-refractivity contribution in [3.05, 3.63) is 23.8 Å². The van der Waals surface area contributed by atoms with Crippen LogP contribution in [0.5, 0.6) is 11.5 Å². The molecule has 5 nitrogen and oxygen atoms in total. The van der Waals surface area contributed by atoms with Gasteiger partial charge in [-0.15, -0.1) is 0 Å². The van der Waals surface area contributed by atoms with E-state index in [9.17, 15) is 0 Å². The molecular formula is C17H23N3O2. The number of nitrogens with two attached hydrogens (primary N) is 1. The van der Waals surface area contributed by atoms with E-state index in [-0.39, 0.29) is 10.8 Å². The third kappa shape index (κ3) is 1.54. The number of nitrogens with zero attached hydrogens (tertiary/aromatic N) is 2. The highest BCUT2D eigenvalue weighted by Gasteiger charge is 2.61. The summed E-state index contributed by atoms with van der Waals surface area (Å²) < 4.78 is 11.0. The smallest absolute Gasteiger partial charge is 0.231 e. The first-order valence-corrected chi connectivity index (χ1v) is 8.12. The lowest BCUT2D eigenvalue weighted by Gasteiger charge is -2.68. The Hall–Kier alpha value is -1.30. The Balaban J connectivity index is 1.53. The van der Waals surface area contributed by atoms with Crippen molar-refractivity contribution in [2.75, 3.05) is 33.0 Å². The molecule has 0 saturated carbocycles. The molecule has 118 valence electrons. The minimum absolute atomic E-state index is 0.206. The molecule has 0 amide bonds. The number of hydrogen-bond acceptors (Lipinski definition) is 5. The van der Waals surface area contributed by atoms with Crippen LogP contribution < -0.4 is 15.2 Å². The molecular weight excluding hydrogens is 278 g/mol. The second-order valence-corrected chi connectivity index (χ2v) is 8.08. The third-order valence-electron chi connectivity index (χ3n) is 6.15. The zero-order chi connectivity index (χ0) is 15.1. The van der Waals surface area contributed by atoms with Crippen molar-refractivity contribution in [1.82, 2.24) is 9.80 Å². The van der Waals surface area contributed by atoms with Crippen molar-refractivity contribution in [3.63, 3.8) is 0 Å². The quantitative estimate of drug-likeness (QED) is 0.850. The maximum absolute atomic E-state index is 6.60. The average molecular weight is 301 g/mol. The van der Waals surface area contributed by atoms with Crippen LogP contribution in [0.2, 0.25) is 0 Å². The molecule has 0 spiro atoms. The van der Waals surface area contributed by atoms with Crippen LogP contribution in [0.3, 0.4) is 0 Å². The van der Waals surface area contributed by atoms with E-state index in [4.69, 9.17) is 15.2 Å². The molecule has 0 unspecified atom stereocenters. The van der Waals surface area contributed by atoms with Crippen molar-refractivity contribution in [3.8, 4) is 11.5 Å². The maximum atomic E-state index is 6.60. The maximum Gasteiger partial charge on any atom is 0.231 e. The molecule has 5 heterocycles. The molecule has 5 aliphatic heterocycles. The Bertz CT molecular complexity index is 609. The summed E-state index contributed by atoms with van der Waals surface area (Å²) in [5.41, 5.74) is 8.33. The van der Waals surface area contributed by atoms with Gasteiger partial charge in [0.1, 0.15) is 0 Å². The minimum Gasteiger partial charge on any atom is -0.454 e. The molecule has 4 saturated heterocycles. The molecule has 0 aromatic heterocycles. The van der Waals surface area contributed by atoms with Gasteiger partial charge in [0, 0.05) is 43.1 Å². The summed E-state index contributed by atoms with van der Waals surface area (Å²) in [6, 6.07) is 6.68. The average Bonchev–Trinajstić information content (AvgIpc) is 2.91. The van der Waals surface area contributed by atoms with Gasteiger partial charge in [0.05, 0.1) is 6.17 Å². The number of piperidine rings is 2. The van der Waals surface area contributed by atoms with Gasteiger partial charge in [-0.05, 0) is 17.7 Å². The summed E-state index contributed by atoms with van der Waals surface area (Å²) in [6.45, 7) is 9.37. The first-order valence-electron chi connectivity index (χ1n) is 8.12. The lowest BCUT2D eigenvalue weighted by molar-refractivity contribution is -0.205. The van der Waals surface area contributed by atoms with Crippen LogP contribution in [-0.2, 0) is 0 Å². The Labute approximate surface area is 131 Å². The second-order valence-electron chi connectivity index (χ2n) is 8.08. The molecule has 1 aromatic rings. The molecule has 5 aliphatic rings. The fourth-order valence-electron chi connectivity index (χ4n) is 5.37. The number of ether oxygens (including phenoxy) is 2. The number of hydrogen-bond donors (Lipinski definition) is 1. The van der Waals surface area contributed by atoms with Crippen molar-refractivity contribution < 1.29 is 9.47 Å². The molecule has 22 heavy (non-hydrogen) atoms. The molecule has 0 radical (unpaired) electrons. The monoisotopic (exact) mass is 301 g/mol. The van der Waals surface area contributed by atoms with Gasteiger partial charge >= 0.3 is 0 Å². The van der Waals surface area contributed by atoms with Gasteiger partial charge in [-0.3, -0.25) is 9.80 Å². The first kappa shape index (κ1) is 13.2. The summed E-state index contributed by atoms with van der Waals surface area (Å²) in [7, 11) is 0. The Morgan fingerprint density at radius 1 is 1.00 bits per heavy atom. The normalized spacial score (nSPS) is 48.0. The van der Waals surface area contributed by atoms with E-state index in [0.717, 1.165) is 37.7 Å². The number of rotatable bonds is 1. The fourth-order valence-corrected chi connectivity index (χ4v) is 5.37. The Morgan fingerprint density at radius 3 is 2.23 bits per heavy atom. The number of benzene rings is 1. The van der Waals surface area contributed by atoms with Gasteiger partial charge in [-0.1, -0.05) is 19.9 Å². The highest BCUT2D eigenvalue weighted by molar-refractivity contribution is 5.45. The molecule has 2 N–H and O–H groups in total. The van der Waals surface area contributed by atoms with Crippen LogP contribution >= 0.6 is 0 Å². The summed E-state index contributed by atoms with van der Waals surface area (Å²) >= 11 is 0. The van der Waals surface area contributed by atoms with Crippen LogP contribution in [0.1, 0.15) is 25.6 Å². The molecule has 6 rings (SSSR count). The minimum atomic E-state index is 0.206. The second kappa shape index (κ2) is 3.96. The van der Waals surface area contributed by atoms with Crippen LogP contribution in [0.15, 0.2) is 18.2 Å². The standard InChI is InChI=1S/C17H23N3O2/c1-16-6-19-8-17(2,15(16)18)9-20(7-16)14(19)11-3-4-12-13(5-11)22-10-21-12/h3-5,14-15H,6-10,18H2,1-2H3. The van der Waals surface area contributed by atoms with Crippen molar-refractivity contribution >= 4 is 0 Å². The lowest BCUT2D eigenvalue weighted by Crippen LogP contribution is -2.78. The van der Waals surface area contributed by atoms with Gasteiger partial charge in [-0.25, -0.2) is 0 Å². The fraction of sp³-hybridized carbons (Fsp3) is 0.647. The Kier molecular flexibility index (Phi) is 2.37. The predicted octanol–water partition coefficient (Wildman–Crippen LogP) is 1.40. The van der Waals surface area contributed by atoms with Crippen molar-refractivity contribution in [2.45, 2.75) is 26.1 Å². The highest BCUT2D eigenvalue weighted by atomic mass is 16.7. The number of fused-ring (bicyclic) bond motifs is 1. The van der Waals surface area contributed by atoms with E-state index in [1.807, 2.05) is 6.07 Å². The first-order chi connectivity index (χ1) is 10.5. The van der Waals surface area contributed by atoms with Crippen LogP contribution in [0.25, 0.3) is 0 Å². The molecule has 0 aliphatic carbocycles. The molecule has 4 bridgehead atoms. The van der Waals surface area contributed by atoms with E-state index in [1.54, 1.807) is 0 Å². The highest BCUT2D eigenvalue weighted by Crippen LogP contribution is 2.54. The van der Waals surface area contributed by atoms with E-state index in [1.165, 1.54) is 5.56 Å². The summed E-state index contributed by atoms with van der Waals surface area (Å²) in [5, 5.41) is 0. The van der Waals surface area contributed by atoms with E-state index < -0.39 is 0 Å². The van der Waals surface area contributed by atoms with E-state index in [0.29, 0.717) is 19.0 Å². The van der Waals surface area contributed by atoms with Gasteiger partial charge in [0.15, 0.2) is 11.5 Å². The topological polar surface area (TPSA) is 51.0 Å². The van der Waals surface area contributed by atoms with Crippen molar-refractivity contribution in [2.24, 2.45) is 16.6 Å². The summed E-state index contributed by atoms with van der Waals surface area (Å²) in [4.78, 5) is 5.21. The van der Waals surface area contributed by atoms with E-state index >= 15 is 0 Å². The SMILES string of the molecule is CC12CN3CC(C)(CN(C1)C3c1ccc3c(c1)OCO3)C2N. The van der Waals surface area contributed by atoms with Gasteiger partial charge < -0.3 is 15.2 Å². The summed E-state index contributed by atoms with van der Waals surface area (Å²) in [6.07, 6.45) is 0.350. The molecule has 1 aromatic carbocycles. The van der Waals surface area contributed by atoms with Gasteiger partial charge in [0.2, 0.25) is 6.79 Å². The predicted molar refractivity (Wildman–Crippen MR) is 82.6 cm³/mol. The Morgan fingerprint density at radius 2 is 1.59 bits per heavy atom. The lowest BCUT2D eigenvalue weighted by atomic mass is 9.59. The largest absolute Gasteiger partial charge is 0.454 e. The zero-order valence-corrected chi connectivity index (χ0v) is 13.2. The third-order valence-corrected chi connectivity index (χ3v) is 6.15. The van der Waals surface area contributed by atoms with Gasteiger partial charge in [0.25, 0.3) is 0 Å². The van der Waals surface area contributed by atoms with Crippen LogP contribution in [0, 0.1) is 10.8 Å². The van der Waals surface area contributed by atoms with Crippen LogP contribution in [-0.4, -0.2) is 48.8 Å². The molecule has 4 fully saturated rings. The summed E-state index contributed by atoms with van der Waals surface area (Å²) in [5.74, 6) is 1.74. The molecule has 5 heteroatoms.